The molecule has 1 aromatic heterocycles. The molecule has 0 aliphatic rings. The zero-order chi connectivity index (χ0) is 11.4. The van der Waals surface area contributed by atoms with E-state index in [0.717, 1.165) is 11.3 Å². The van der Waals surface area contributed by atoms with Crippen LogP contribution in [0, 0.1) is 0 Å². The minimum atomic E-state index is -0.103. The molecule has 0 aliphatic carbocycles. The normalized spacial score (nSPS) is 9.56. The molecule has 0 atom stereocenters. The van der Waals surface area contributed by atoms with E-state index in [1.165, 1.54) is 0 Å². The van der Waals surface area contributed by atoms with Gasteiger partial charge in [0.2, 0.25) is 5.89 Å². The zero-order valence-electron chi connectivity index (χ0n) is 8.36. The Bertz CT molecular complexity index is 527. The summed E-state index contributed by atoms with van der Waals surface area (Å²) in [5, 5.41) is 10.5. The molecule has 0 aliphatic heterocycles. The van der Waals surface area contributed by atoms with Crippen molar-refractivity contribution in [2.75, 3.05) is 7.11 Å². The third-order valence-corrected chi connectivity index (χ3v) is 1.88. The Hall–Kier alpha value is -2.53. The molecule has 0 amide bonds. The molecule has 0 N–H and O–H groups in total. The van der Waals surface area contributed by atoms with Crippen LogP contribution in [0.15, 0.2) is 33.8 Å². The Morgan fingerprint density at radius 3 is 2.69 bits per heavy atom. The first kappa shape index (κ1) is 10.0. The molecule has 0 saturated carbocycles. The maximum absolute atomic E-state index is 8.18. The van der Waals surface area contributed by atoms with Gasteiger partial charge in [0.05, 0.1) is 7.11 Å². The van der Waals surface area contributed by atoms with Crippen molar-refractivity contribution in [2.24, 2.45) is 5.11 Å². The lowest BCUT2D eigenvalue weighted by atomic mass is 10.2. The molecular weight excluding hydrogens is 210 g/mol. The molecule has 1 heterocycles. The first-order valence-corrected chi connectivity index (χ1v) is 4.36. The van der Waals surface area contributed by atoms with Gasteiger partial charge in [-0.25, -0.2) is 0 Å². The number of methoxy groups -OCH3 is 1. The third-order valence-electron chi connectivity index (χ3n) is 1.88. The Morgan fingerprint density at radius 1 is 1.31 bits per heavy atom. The molecule has 7 heteroatoms. The summed E-state index contributed by atoms with van der Waals surface area (Å²) in [7, 11) is 1.58. The van der Waals surface area contributed by atoms with Crippen LogP contribution in [0.5, 0.6) is 5.75 Å². The van der Waals surface area contributed by atoms with Gasteiger partial charge >= 0.3 is 6.01 Å². The van der Waals surface area contributed by atoms with E-state index in [-0.39, 0.29) is 6.01 Å². The molecule has 2 rings (SSSR count). The van der Waals surface area contributed by atoms with Gasteiger partial charge in [0.1, 0.15) is 5.75 Å². The fourth-order valence-corrected chi connectivity index (χ4v) is 1.14. The van der Waals surface area contributed by atoms with Gasteiger partial charge in [0.15, 0.2) is 0 Å². The molecule has 0 radical (unpaired) electrons. The standard InChI is InChI=1S/C9H7N5O2/c1-15-7-4-2-6(3-5-7)8-11-12-9(16-8)13-14-10/h2-5H,1H3. The van der Waals surface area contributed by atoms with Crippen molar-refractivity contribution in [3.05, 3.63) is 34.7 Å². The van der Waals surface area contributed by atoms with Crippen LogP contribution < -0.4 is 4.74 Å². The summed E-state index contributed by atoms with van der Waals surface area (Å²) < 4.78 is 10.1. The molecule has 80 valence electrons. The Balaban J connectivity index is 2.31. The SMILES string of the molecule is COc1ccc(-c2nnc(N=[N+]=[N-])o2)cc1. The van der Waals surface area contributed by atoms with Crippen molar-refractivity contribution in [1.29, 1.82) is 0 Å². The lowest BCUT2D eigenvalue weighted by Gasteiger charge is -1.98. The summed E-state index contributed by atoms with van der Waals surface area (Å²) in [5.41, 5.74) is 8.91. The summed E-state index contributed by atoms with van der Waals surface area (Å²) in [5.74, 6) is 1.03. The quantitative estimate of drug-likeness (QED) is 0.448. The predicted molar refractivity (Wildman–Crippen MR) is 55.1 cm³/mol. The highest BCUT2D eigenvalue weighted by Crippen LogP contribution is 2.23. The number of nitrogens with zero attached hydrogens (tertiary/aromatic N) is 5. The monoisotopic (exact) mass is 217 g/mol. The summed E-state index contributed by atoms with van der Waals surface area (Å²) in [6, 6.07) is 6.98. The minimum Gasteiger partial charge on any atom is -0.497 e. The number of rotatable bonds is 3. The first-order valence-electron chi connectivity index (χ1n) is 4.36. The predicted octanol–water partition coefficient (Wildman–Crippen LogP) is 2.69. The molecule has 0 spiro atoms. The summed E-state index contributed by atoms with van der Waals surface area (Å²) in [6.45, 7) is 0. The van der Waals surface area contributed by atoms with Crippen molar-refractivity contribution >= 4 is 6.01 Å². The van der Waals surface area contributed by atoms with E-state index in [1.54, 1.807) is 31.4 Å². The highest BCUT2D eigenvalue weighted by atomic mass is 16.5. The minimum absolute atomic E-state index is 0.103. The van der Waals surface area contributed by atoms with Crippen molar-refractivity contribution in [3.63, 3.8) is 0 Å². The first-order chi connectivity index (χ1) is 7.83. The van der Waals surface area contributed by atoms with Gasteiger partial charge in [0, 0.05) is 15.6 Å². The molecule has 0 saturated heterocycles. The lowest BCUT2D eigenvalue weighted by Crippen LogP contribution is -1.82. The largest absolute Gasteiger partial charge is 0.497 e. The van der Waals surface area contributed by atoms with Crippen LogP contribution in [-0.2, 0) is 0 Å². The van der Waals surface area contributed by atoms with Crippen LogP contribution in [-0.4, -0.2) is 17.3 Å². The van der Waals surface area contributed by atoms with Crippen LogP contribution in [0.4, 0.5) is 6.01 Å². The van der Waals surface area contributed by atoms with Crippen LogP contribution in [0.1, 0.15) is 0 Å². The number of hydrogen-bond donors (Lipinski definition) is 0. The smallest absolute Gasteiger partial charge is 0.304 e. The third kappa shape index (κ3) is 1.94. The summed E-state index contributed by atoms with van der Waals surface area (Å²) in [4.78, 5) is 2.55. The molecule has 2 aromatic rings. The molecule has 0 bridgehead atoms. The van der Waals surface area contributed by atoms with E-state index in [0.29, 0.717) is 5.89 Å². The maximum Gasteiger partial charge on any atom is 0.304 e. The zero-order valence-corrected chi connectivity index (χ0v) is 8.36. The molecule has 16 heavy (non-hydrogen) atoms. The van der Waals surface area contributed by atoms with Crippen molar-refractivity contribution in [2.45, 2.75) is 0 Å². The van der Waals surface area contributed by atoms with Gasteiger partial charge in [-0.1, -0.05) is 0 Å². The number of azide groups is 1. The van der Waals surface area contributed by atoms with Gasteiger partial charge < -0.3 is 9.15 Å². The second-order valence-corrected chi connectivity index (χ2v) is 2.81. The number of aromatic nitrogens is 2. The van der Waals surface area contributed by atoms with Crippen LogP contribution in [0.2, 0.25) is 0 Å². The van der Waals surface area contributed by atoms with Crippen LogP contribution in [0.25, 0.3) is 21.9 Å². The molecule has 7 nitrogen and oxygen atoms in total. The second kappa shape index (κ2) is 4.33. The Labute approximate surface area is 90.3 Å². The Kier molecular flexibility index (Phi) is 2.71. The van der Waals surface area contributed by atoms with E-state index in [9.17, 15) is 0 Å². The average Bonchev–Trinajstić information content (AvgIpc) is 2.78. The van der Waals surface area contributed by atoms with Gasteiger partial charge in [0.25, 0.3) is 0 Å². The highest BCUT2D eigenvalue weighted by molar-refractivity contribution is 5.54. The lowest BCUT2D eigenvalue weighted by molar-refractivity contribution is 0.415. The average molecular weight is 217 g/mol. The second-order valence-electron chi connectivity index (χ2n) is 2.81. The van der Waals surface area contributed by atoms with Gasteiger partial charge in [-0.05, 0) is 29.8 Å². The van der Waals surface area contributed by atoms with Crippen molar-refractivity contribution in [1.82, 2.24) is 10.2 Å². The van der Waals surface area contributed by atoms with E-state index >= 15 is 0 Å². The van der Waals surface area contributed by atoms with Gasteiger partial charge in [-0.15, -0.1) is 10.2 Å². The van der Waals surface area contributed by atoms with Crippen LogP contribution >= 0.6 is 0 Å². The van der Waals surface area contributed by atoms with E-state index in [1.807, 2.05) is 0 Å². The molecule has 0 unspecified atom stereocenters. The van der Waals surface area contributed by atoms with Gasteiger partial charge in [-0.2, -0.15) is 0 Å². The molecule has 0 fully saturated rings. The number of benzene rings is 1. The van der Waals surface area contributed by atoms with E-state index < -0.39 is 0 Å². The fraction of sp³-hybridized carbons (Fsp3) is 0.111. The van der Waals surface area contributed by atoms with E-state index in [4.69, 9.17) is 14.7 Å². The van der Waals surface area contributed by atoms with Gasteiger partial charge in [-0.3, -0.25) is 0 Å². The van der Waals surface area contributed by atoms with E-state index in [2.05, 4.69) is 20.2 Å². The maximum atomic E-state index is 8.18. The number of ether oxygens (including phenoxy) is 1. The van der Waals surface area contributed by atoms with Crippen molar-refractivity contribution < 1.29 is 9.15 Å². The number of hydrogen-bond acceptors (Lipinski definition) is 5. The fourth-order valence-electron chi connectivity index (χ4n) is 1.14. The summed E-state index contributed by atoms with van der Waals surface area (Å²) >= 11 is 0. The molecular formula is C9H7N5O2. The van der Waals surface area contributed by atoms with Crippen LogP contribution in [0.3, 0.4) is 0 Å². The summed E-state index contributed by atoms with van der Waals surface area (Å²) in [6.07, 6.45) is 0. The topological polar surface area (TPSA) is 96.9 Å². The Morgan fingerprint density at radius 2 is 2.06 bits per heavy atom. The highest BCUT2D eigenvalue weighted by Gasteiger charge is 2.06. The van der Waals surface area contributed by atoms with Crippen molar-refractivity contribution in [3.8, 4) is 17.2 Å². The molecule has 1 aromatic carbocycles.